The zero-order valence-corrected chi connectivity index (χ0v) is 16.3. The molecule has 5 nitrogen and oxygen atoms in total. The summed E-state index contributed by atoms with van der Waals surface area (Å²) in [4.78, 5) is 4.51. The first-order chi connectivity index (χ1) is 13.6. The molecule has 142 valence electrons. The fourth-order valence-corrected chi connectivity index (χ4v) is 3.44. The number of nitrogens with zero attached hydrogens (tertiary/aromatic N) is 2. The van der Waals surface area contributed by atoms with Crippen LogP contribution in [0.15, 0.2) is 41.8 Å². The smallest absolute Gasteiger partial charge is 0.203 e. The quantitative estimate of drug-likeness (QED) is 0.546. The SMILES string of the molecule is COc1cc(C=C(C#N)c2nc(-c3ccc(F)cc3)cs2)cc(OC)c1OC. The molecule has 0 aliphatic carbocycles. The van der Waals surface area contributed by atoms with Crippen LogP contribution in [-0.4, -0.2) is 26.3 Å². The lowest BCUT2D eigenvalue weighted by Crippen LogP contribution is -1.95. The van der Waals surface area contributed by atoms with Crippen molar-refractivity contribution in [3.8, 4) is 34.6 Å². The normalized spacial score (nSPS) is 11.0. The van der Waals surface area contributed by atoms with E-state index < -0.39 is 0 Å². The van der Waals surface area contributed by atoms with Gasteiger partial charge in [-0.2, -0.15) is 5.26 Å². The molecule has 0 bridgehead atoms. The predicted octanol–water partition coefficient (Wildman–Crippen LogP) is 5.04. The Kier molecular flexibility index (Phi) is 5.92. The lowest BCUT2D eigenvalue weighted by Gasteiger charge is -2.13. The van der Waals surface area contributed by atoms with Gasteiger partial charge < -0.3 is 14.2 Å². The minimum absolute atomic E-state index is 0.306. The molecular formula is C21H17FN2O3S. The van der Waals surface area contributed by atoms with E-state index in [-0.39, 0.29) is 5.82 Å². The van der Waals surface area contributed by atoms with E-state index in [0.717, 1.165) is 5.56 Å². The highest BCUT2D eigenvalue weighted by Crippen LogP contribution is 2.39. The van der Waals surface area contributed by atoms with Crippen LogP contribution in [0.4, 0.5) is 4.39 Å². The second kappa shape index (κ2) is 8.55. The Hall–Kier alpha value is -3.37. The van der Waals surface area contributed by atoms with Gasteiger partial charge in [-0.1, -0.05) is 0 Å². The lowest BCUT2D eigenvalue weighted by atomic mass is 10.1. The van der Waals surface area contributed by atoms with Crippen molar-refractivity contribution in [2.45, 2.75) is 0 Å². The van der Waals surface area contributed by atoms with Crippen molar-refractivity contribution in [3.63, 3.8) is 0 Å². The summed E-state index contributed by atoms with van der Waals surface area (Å²) in [5, 5.41) is 12.0. The highest BCUT2D eigenvalue weighted by Gasteiger charge is 2.14. The molecule has 0 N–H and O–H groups in total. The van der Waals surface area contributed by atoms with Crippen LogP contribution in [0.1, 0.15) is 10.6 Å². The molecule has 0 aliphatic rings. The molecule has 0 saturated carbocycles. The molecule has 0 aliphatic heterocycles. The summed E-state index contributed by atoms with van der Waals surface area (Å²) in [6, 6.07) is 11.8. The highest BCUT2D eigenvalue weighted by molar-refractivity contribution is 7.11. The average Bonchev–Trinajstić information content (AvgIpc) is 3.21. The number of benzene rings is 2. The Labute approximate surface area is 166 Å². The molecule has 0 fully saturated rings. The number of hydrogen-bond donors (Lipinski definition) is 0. The first kappa shape index (κ1) is 19.4. The topological polar surface area (TPSA) is 64.4 Å². The van der Waals surface area contributed by atoms with Gasteiger partial charge in [0.15, 0.2) is 11.5 Å². The van der Waals surface area contributed by atoms with E-state index in [4.69, 9.17) is 14.2 Å². The number of aromatic nitrogens is 1. The van der Waals surface area contributed by atoms with Gasteiger partial charge in [0.2, 0.25) is 5.75 Å². The molecule has 0 saturated heterocycles. The van der Waals surface area contributed by atoms with Crippen molar-refractivity contribution < 1.29 is 18.6 Å². The first-order valence-electron chi connectivity index (χ1n) is 8.23. The van der Waals surface area contributed by atoms with Gasteiger partial charge in [-0.3, -0.25) is 0 Å². The number of thiazole rings is 1. The van der Waals surface area contributed by atoms with E-state index in [2.05, 4.69) is 11.1 Å². The minimum Gasteiger partial charge on any atom is -0.493 e. The zero-order valence-electron chi connectivity index (χ0n) is 15.5. The molecule has 0 radical (unpaired) electrons. The second-order valence-electron chi connectivity index (χ2n) is 5.67. The number of nitriles is 1. The Morgan fingerprint density at radius 1 is 1.07 bits per heavy atom. The third kappa shape index (κ3) is 3.97. The van der Waals surface area contributed by atoms with Crippen LogP contribution < -0.4 is 14.2 Å². The van der Waals surface area contributed by atoms with Crippen molar-refractivity contribution in [3.05, 3.63) is 58.2 Å². The molecule has 1 aromatic heterocycles. The third-order valence-electron chi connectivity index (χ3n) is 3.99. The fourth-order valence-electron chi connectivity index (χ4n) is 2.64. The van der Waals surface area contributed by atoms with Crippen LogP contribution in [0, 0.1) is 17.1 Å². The van der Waals surface area contributed by atoms with Crippen LogP contribution >= 0.6 is 11.3 Å². The van der Waals surface area contributed by atoms with Gasteiger partial charge in [0, 0.05) is 10.9 Å². The van der Waals surface area contributed by atoms with Crippen LogP contribution in [0.5, 0.6) is 17.2 Å². The minimum atomic E-state index is -0.306. The summed E-state index contributed by atoms with van der Waals surface area (Å²) in [7, 11) is 4.60. The third-order valence-corrected chi connectivity index (χ3v) is 4.87. The van der Waals surface area contributed by atoms with Crippen LogP contribution in [0.2, 0.25) is 0 Å². The van der Waals surface area contributed by atoms with Crippen molar-refractivity contribution >= 4 is 23.0 Å². The number of halogens is 1. The van der Waals surface area contributed by atoms with Gasteiger partial charge in [-0.15, -0.1) is 11.3 Å². The van der Waals surface area contributed by atoms with Gasteiger partial charge in [-0.05, 0) is 48.0 Å². The maximum absolute atomic E-state index is 13.1. The molecule has 0 atom stereocenters. The molecule has 2 aromatic carbocycles. The number of rotatable bonds is 6. The molecule has 3 rings (SSSR count). The summed E-state index contributed by atoms with van der Waals surface area (Å²) >= 11 is 1.35. The summed E-state index contributed by atoms with van der Waals surface area (Å²) in [6.07, 6.45) is 1.71. The number of ether oxygens (including phenoxy) is 3. The summed E-state index contributed by atoms with van der Waals surface area (Å²) < 4.78 is 29.1. The molecular weight excluding hydrogens is 379 g/mol. The van der Waals surface area contributed by atoms with Crippen molar-refractivity contribution in [1.82, 2.24) is 4.98 Å². The van der Waals surface area contributed by atoms with E-state index in [0.29, 0.717) is 39.1 Å². The Morgan fingerprint density at radius 2 is 1.71 bits per heavy atom. The van der Waals surface area contributed by atoms with Crippen molar-refractivity contribution in [2.24, 2.45) is 0 Å². The first-order valence-corrected chi connectivity index (χ1v) is 9.11. The summed E-state index contributed by atoms with van der Waals surface area (Å²) in [5.74, 6) is 1.17. The number of methoxy groups -OCH3 is 3. The van der Waals surface area contributed by atoms with E-state index in [1.165, 1.54) is 44.8 Å². The Morgan fingerprint density at radius 3 is 2.25 bits per heavy atom. The molecule has 28 heavy (non-hydrogen) atoms. The number of allylic oxidation sites excluding steroid dienone is 1. The largest absolute Gasteiger partial charge is 0.493 e. The fraction of sp³-hybridized carbons (Fsp3) is 0.143. The molecule has 3 aromatic rings. The maximum atomic E-state index is 13.1. The Balaban J connectivity index is 1.99. The van der Waals surface area contributed by atoms with E-state index in [1.807, 2.05) is 5.38 Å². The Bertz CT molecular complexity index is 1030. The molecule has 1 heterocycles. The van der Waals surface area contributed by atoms with E-state index in [1.54, 1.807) is 30.3 Å². The molecule has 7 heteroatoms. The zero-order chi connectivity index (χ0) is 20.1. The average molecular weight is 396 g/mol. The summed E-state index contributed by atoms with van der Waals surface area (Å²) in [6.45, 7) is 0. The van der Waals surface area contributed by atoms with Gasteiger partial charge in [0.1, 0.15) is 16.9 Å². The van der Waals surface area contributed by atoms with Crippen LogP contribution in [0.25, 0.3) is 22.9 Å². The lowest BCUT2D eigenvalue weighted by molar-refractivity contribution is 0.324. The predicted molar refractivity (Wildman–Crippen MR) is 107 cm³/mol. The maximum Gasteiger partial charge on any atom is 0.203 e. The molecule has 0 spiro atoms. The van der Waals surface area contributed by atoms with Crippen LogP contribution in [0.3, 0.4) is 0 Å². The second-order valence-corrected chi connectivity index (χ2v) is 6.53. The molecule has 0 amide bonds. The summed E-state index contributed by atoms with van der Waals surface area (Å²) in [5.41, 5.74) is 2.58. The van der Waals surface area contributed by atoms with Gasteiger partial charge in [-0.25, -0.2) is 9.37 Å². The highest BCUT2D eigenvalue weighted by atomic mass is 32.1. The van der Waals surface area contributed by atoms with Gasteiger partial charge in [0.05, 0.1) is 32.6 Å². The van der Waals surface area contributed by atoms with Gasteiger partial charge >= 0.3 is 0 Å². The molecule has 0 unspecified atom stereocenters. The van der Waals surface area contributed by atoms with E-state index >= 15 is 0 Å². The van der Waals surface area contributed by atoms with E-state index in [9.17, 15) is 9.65 Å². The monoisotopic (exact) mass is 396 g/mol. The van der Waals surface area contributed by atoms with Gasteiger partial charge in [0.25, 0.3) is 0 Å². The number of hydrogen-bond acceptors (Lipinski definition) is 6. The van der Waals surface area contributed by atoms with Crippen molar-refractivity contribution in [1.29, 1.82) is 5.26 Å². The standard InChI is InChI=1S/C21H17FN2O3S/c1-25-18-9-13(10-19(26-2)20(18)27-3)8-15(11-23)21-24-17(12-28-21)14-4-6-16(22)7-5-14/h4-10,12H,1-3H3. The van der Waals surface area contributed by atoms with Crippen LogP contribution in [-0.2, 0) is 0 Å². The van der Waals surface area contributed by atoms with Crippen molar-refractivity contribution in [2.75, 3.05) is 21.3 Å².